The van der Waals surface area contributed by atoms with Gasteiger partial charge >= 0.3 is 0 Å². The second kappa shape index (κ2) is 6.08. The Labute approximate surface area is 151 Å². The first-order valence-corrected chi connectivity index (χ1v) is 11.5. The van der Waals surface area contributed by atoms with E-state index < -0.39 is 30.4 Å². The predicted molar refractivity (Wildman–Crippen MR) is 100.0 cm³/mol. The van der Waals surface area contributed by atoms with Gasteiger partial charge in [0.15, 0.2) is 4.91 Å². The molecule has 2 aromatic rings. The lowest BCUT2D eigenvalue weighted by Gasteiger charge is -2.24. The van der Waals surface area contributed by atoms with Crippen molar-refractivity contribution in [1.29, 1.82) is 0 Å². The van der Waals surface area contributed by atoms with Crippen LogP contribution < -0.4 is 4.31 Å². The van der Waals surface area contributed by atoms with Crippen LogP contribution in [0.5, 0.6) is 0 Å². The number of Topliss-reactive ketones (excluding diaryl/α,β-unsaturated/α-hetero) is 1. The molecule has 0 bridgehead atoms. The first-order chi connectivity index (χ1) is 11.6. The maximum absolute atomic E-state index is 12.8. The second-order valence-electron chi connectivity index (χ2n) is 5.65. The number of anilines is 1. The van der Waals surface area contributed by atoms with E-state index in [1.54, 1.807) is 35.7 Å². The van der Waals surface area contributed by atoms with Gasteiger partial charge in [-0.25, -0.2) is 17.0 Å². The fourth-order valence-corrected chi connectivity index (χ4v) is 5.71. The topological polar surface area (TPSA) is 83.9 Å². The third-order valence-corrected chi connectivity index (χ3v) is 8.20. The normalized spacial score (nSPS) is 20.2. The lowest BCUT2D eigenvalue weighted by molar-refractivity contribution is 0.104. The summed E-state index contributed by atoms with van der Waals surface area (Å²) < 4.78 is 43.0. The number of aryl methyl sites for hydroxylation is 1. The van der Waals surface area contributed by atoms with Crippen molar-refractivity contribution in [3.05, 3.63) is 57.3 Å². The van der Waals surface area contributed by atoms with Gasteiger partial charge in [-0.3, -0.25) is 9.10 Å². The number of carbonyl (C=O) groups excluding carboxylic acids is 1. The largest absolute Gasteiger partial charge is 0.287 e. The highest BCUT2D eigenvalue weighted by Gasteiger charge is 2.39. The monoisotopic (exact) mass is 396 g/mol. The van der Waals surface area contributed by atoms with E-state index in [1.165, 1.54) is 13.3 Å². The van der Waals surface area contributed by atoms with Gasteiger partial charge in [0.25, 0.3) is 10.0 Å². The van der Waals surface area contributed by atoms with E-state index in [0.29, 0.717) is 15.5 Å². The van der Waals surface area contributed by atoms with Crippen molar-refractivity contribution in [3.8, 4) is 0 Å². The number of sulfonamides is 1. The van der Waals surface area contributed by atoms with E-state index in [-0.39, 0.29) is 0 Å². The molecule has 0 spiro atoms. The van der Waals surface area contributed by atoms with E-state index >= 15 is 0 Å². The Kier molecular flexibility index (Phi) is 4.34. The molecule has 0 saturated heterocycles. The quantitative estimate of drug-likeness (QED) is 0.731. The minimum Gasteiger partial charge on any atom is -0.287 e. The number of hydrogen-bond acceptors (Lipinski definition) is 6. The second-order valence-corrected chi connectivity index (χ2v) is 10.8. The van der Waals surface area contributed by atoms with Crippen molar-refractivity contribution >= 4 is 42.6 Å². The Morgan fingerprint density at radius 3 is 2.48 bits per heavy atom. The molecule has 0 N–H and O–H groups in total. The predicted octanol–water partition coefficient (Wildman–Crippen LogP) is 3.02. The molecular weight excluding hydrogens is 380 g/mol. The smallest absolute Gasteiger partial charge is 0.269 e. The number of thiophene rings is 1. The summed E-state index contributed by atoms with van der Waals surface area (Å²) in [6.07, 6.45) is 2.34. The molecule has 0 saturated carbocycles. The number of nitrogens with zero attached hydrogens (tertiary/aromatic N) is 2. The van der Waals surface area contributed by atoms with Crippen molar-refractivity contribution in [2.75, 3.05) is 17.6 Å². The average molecular weight is 397 g/mol. The van der Waals surface area contributed by atoms with Gasteiger partial charge < -0.3 is 0 Å². The highest BCUT2D eigenvalue weighted by Crippen LogP contribution is 2.37. The summed E-state index contributed by atoms with van der Waals surface area (Å²) in [4.78, 5) is 12.9. The van der Waals surface area contributed by atoms with Crippen LogP contribution >= 0.6 is 11.3 Å². The highest BCUT2D eigenvalue weighted by molar-refractivity contribution is 7.98. The van der Waals surface area contributed by atoms with Crippen molar-refractivity contribution < 1.29 is 17.4 Å². The summed E-state index contributed by atoms with van der Waals surface area (Å²) in [5.74, 6) is -0.619. The molecule has 0 radical (unpaired) electrons. The van der Waals surface area contributed by atoms with Gasteiger partial charge in [0.05, 0.1) is 21.6 Å². The van der Waals surface area contributed by atoms with Crippen LogP contribution in [0.2, 0.25) is 0 Å². The average Bonchev–Trinajstić information content (AvgIpc) is 3.03. The summed E-state index contributed by atoms with van der Waals surface area (Å²) in [6.45, 7) is 1.90. The number of benzene rings is 1. The van der Waals surface area contributed by atoms with Crippen LogP contribution in [0.3, 0.4) is 0 Å². The minimum atomic E-state index is -4.01. The lowest BCUT2D eigenvalue weighted by atomic mass is 10.2. The number of rotatable bonds is 2. The standard InChI is InChI=1S/C16H16N2O4S3/c1-11-4-6-12(7-5-11)24(3,20)17-10-14-15(19)16-13(8-9-23-16)18(2)25(14,21)22/h4-10H,1-3H3/b14-10-. The van der Waals surface area contributed by atoms with E-state index in [0.717, 1.165) is 27.4 Å². The minimum absolute atomic E-state index is 0.330. The zero-order valence-corrected chi connectivity index (χ0v) is 16.2. The molecule has 2 heterocycles. The van der Waals surface area contributed by atoms with Crippen LogP contribution in [0.4, 0.5) is 5.69 Å². The van der Waals surface area contributed by atoms with E-state index in [2.05, 4.69) is 4.36 Å². The third-order valence-electron chi connectivity index (χ3n) is 3.88. The SMILES string of the molecule is Cc1ccc(S(C)(=O)=N/C=C2/C(=O)c3sccc3N(C)S2(=O)=O)cc1. The molecule has 1 aromatic carbocycles. The van der Waals surface area contributed by atoms with Crippen LogP contribution in [-0.2, 0) is 19.8 Å². The Hall–Kier alpha value is -1.97. The molecule has 1 aliphatic rings. The molecule has 3 rings (SSSR count). The summed E-state index contributed by atoms with van der Waals surface area (Å²) in [7, 11) is -5.50. The Bertz CT molecular complexity index is 1100. The number of allylic oxidation sites excluding steroid dienone is 1. The van der Waals surface area contributed by atoms with Gasteiger partial charge in [0.2, 0.25) is 5.78 Å². The van der Waals surface area contributed by atoms with Crippen LogP contribution in [0.1, 0.15) is 15.2 Å². The van der Waals surface area contributed by atoms with Crippen molar-refractivity contribution in [3.63, 3.8) is 0 Å². The Morgan fingerprint density at radius 1 is 1.20 bits per heavy atom. The molecule has 1 aliphatic heterocycles. The molecule has 9 heteroatoms. The van der Waals surface area contributed by atoms with Crippen LogP contribution in [0.15, 0.2) is 56.1 Å². The maximum Gasteiger partial charge on any atom is 0.269 e. The molecule has 0 fully saturated rings. The molecular formula is C16H16N2O4S3. The first kappa shape index (κ1) is 17.8. The van der Waals surface area contributed by atoms with Gasteiger partial charge in [0, 0.05) is 18.2 Å². The molecule has 132 valence electrons. The molecule has 0 amide bonds. The molecule has 1 aromatic heterocycles. The number of fused-ring (bicyclic) bond motifs is 1. The van der Waals surface area contributed by atoms with E-state index in [9.17, 15) is 17.4 Å². The Balaban J connectivity index is 2.13. The van der Waals surface area contributed by atoms with Gasteiger partial charge in [0.1, 0.15) is 4.88 Å². The summed E-state index contributed by atoms with van der Waals surface area (Å²) >= 11 is 1.16. The van der Waals surface area contributed by atoms with Gasteiger partial charge in [-0.05, 0) is 30.5 Å². The van der Waals surface area contributed by atoms with Crippen LogP contribution in [0, 0.1) is 6.92 Å². The maximum atomic E-state index is 12.8. The Morgan fingerprint density at radius 2 is 1.84 bits per heavy atom. The molecule has 0 aliphatic carbocycles. The summed E-state index contributed by atoms with van der Waals surface area (Å²) in [5.41, 5.74) is 1.36. The molecule has 1 unspecified atom stereocenters. The van der Waals surface area contributed by atoms with E-state index in [4.69, 9.17) is 0 Å². The number of hydrogen-bond donors (Lipinski definition) is 0. The van der Waals surface area contributed by atoms with Crippen LogP contribution in [-0.4, -0.2) is 31.7 Å². The van der Waals surface area contributed by atoms with Crippen molar-refractivity contribution in [1.82, 2.24) is 0 Å². The summed E-state index contributed by atoms with van der Waals surface area (Å²) in [6, 6.07) is 8.55. The third kappa shape index (κ3) is 3.03. The number of ketones is 1. The number of carbonyl (C=O) groups is 1. The lowest BCUT2D eigenvalue weighted by Crippen LogP contribution is -2.35. The van der Waals surface area contributed by atoms with Gasteiger partial charge in [-0.2, -0.15) is 0 Å². The first-order valence-electron chi connectivity index (χ1n) is 7.24. The van der Waals surface area contributed by atoms with E-state index in [1.807, 2.05) is 6.92 Å². The van der Waals surface area contributed by atoms with Crippen molar-refractivity contribution in [2.24, 2.45) is 4.36 Å². The highest BCUT2D eigenvalue weighted by atomic mass is 32.2. The fourth-order valence-electron chi connectivity index (χ4n) is 2.35. The molecule has 6 nitrogen and oxygen atoms in total. The summed E-state index contributed by atoms with van der Waals surface area (Å²) in [5, 5.41) is 1.66. The molecule has 25 heavy (non-hydrogen) atoms. The van der Waals surface area contributed by atoms with Gasteiger partial charge in [-0.1, -0.05) is 17.7 Å². The zero-order valence-electron chi connectivity index (χ0n) is 13.8. The van der Waals surface area contributed by atoms with Crippen molar-refractivity contribution in [2.45, 2.75) is 11.8 Å². The van der Waals surface area contributed by atoms with Crippen LogP contribution in [0.25, 0.3) is 0 Å². The van der Waals surface area contributed by atoms with Gasteiger partial charge in [-0.15, -0.1) is 11.3 Å². The molecule has 1 atom stereocenters. The fraction of sp³-hybridized carbons (Fsp3) is 0.188. The zero-order chi connectivity index (χ0) is 18.4.